The Kier molecular flexibility index (Phi) is 3.81. The van der Waals surface area contributed by atoms with E-state index in [0.29, 0.717) is 27.8 Å². The molecule has 1 aromatic carbocycles. The van der Waals surface area contributed by atoms with Crippen LogP contribution in [0.2, 0.25) is 5.02 Å². The van der Waals surface area contributed by atoms with Crippen LogP contribution in [0.5, 0.6) is 0 Å². The van der Waals surface area contributed by atoms with Crippen LogP contribution >= 0.6 is 11.6 Å². The maximum Gasteiger partial charge on any atom is 0.307 e. The zero-order valence-electron chi connectivity index (χ0n) is 10.6. The molecule has 19 heavy (non-hydrogen) atoms. The molecule has 0 atom stereocenters. The number of nitrogens with zero attached hydrogens (tertiary/aromatic N) is 2. The molecule has 0 aliphatic heterocycles. The molecule has 2 rings (SSSR count). The molecule has 0 aliphatic carbocycles. The summed E-state index contributed by atoms with van der Waals surface area (Å²) in [5.41, 5.74) is 2.92. The number of aliphatic carboxylic acids is 1. The quantitative estimate of drug-likeness (QED) is 0.936. The number of hydrogen-bond donors (Lipinski definition) is 1. The topological polar surface area (TPSA) is 63.1 Å². The van der Waals surface area contributed by atoms with Crippen LogP contribution in [0, 0.1) is 13.8 Å². The number of rotatable bonds is 3. The zero-order chi connectivity index (χ0) is 14.0. The maximum atomic E-state index is 10.8. The lowest BCUT2D eigenvalue weighted by Crippen LogP contribution is -2.08. The maximum absolute atomic E-state index is 10.8. The number of aromatic nitrogens is 2. The first-order chi connectivity index (χ1) is 8.97. The predicted molar refractivity (Wildman–Crippen MR) is 73.3 cm³/mol. The van der Waals surface area contributed by atoms with Crippen molar-refractivity contribution >= 4 is 17.6 Å². The van der Waals surface area contributed by atoms with Crippen LogP contribution in [-0.4, -0.2) is 21.0 Å². The highest BCUT2D eigenvalue weighted by atomic mass is 35.5. The summed E-state index contributed by atoms with van der Waals surface area (Å²) in [4.78, 5) is 19.5. The molecule has 1 heterocycles. The van der Waals surface area contributed by atoms with Crippen molar-refractivity contribution in [2.45, 2.75) is 20.3 Å². The van der Waals surface area contributed by atoms with E-state index in [1.54, 1.807) is 26.0 Å². The van der Waals surface area contributed by atoms with Gasteiger partial charge in [-0.1, -0.05) is 11.6 Å². The van der Waals surface area contributed by atoms with Crippen LogP contribution in [-0.2, 0) is 11.2 Å². The fourth-order valence-electron chi connectivity index (χ4n) is 1.87. The van der Waals surface area contributed by atoms with Crippen LogP contribution in [0.15, 0.2) is 24.3 Å². The van der Waals surface area contributed by atoms with E-state index in [4.69, 9.17) is 16.7 Å². The Morgan fingerprint density at radius 3 is 2.16 bits per heavy atom. The van der Waals surface area contributed by atoms with Crippen molar-refractivity contribution in [1.82, 2.24) is 9.97 Å². The predicted octanol–water partition coefficient (Wildman–Crippen LogP) is 3.04. The van der Waals surface area contributed by atoms with E-state index in [1.165, 1.54) is 0 Å². The van der Waals surface area contributed by atoms with Crippen LogP contribution in [0.1, 0.15) is 17.0 Å². The Bertz CT molecular complexity index is 601. The molecule has 0 saturated heterocycles. The number of carboxylic acid groups (broad SMARTS) is 1. The van der Waals surface area contributed by atoms with Crippen molar-refractivity contribution in [2.75, 3.05) is 0 Å². The largest absolute Gasteiger partial charge is 0.481 e. The van der Waals surface area contributed by atoms with Gasteiger partial charge in [-0.3, -0.25) is 4.79 Å². The van der Waals surface area contributed by atoms with Crippen molar-refractivity contribution < 1.29 is 9.90 Å². The normalized spacial score (nSPS) is 10.5. The highest BCUT2D eigenvalue weighted by Gasteiger charge is 2.12. The summed E-state index contributed by atoms with van der Waals surface area (Å²) in [6, 6.07) is 7.23. The molecule has 98 valence electrons. The van der Waals surface area contributed by atoms with Gasteiger partial charge in [-0.05, 0) is 38.1 Å². The van der Waals surface area contributed by atoms with Crippen molar-refractivity contribution in [1.29, 1.82) is 0 Å². The minimum Gasteiger partial charge on any atom is -0.481 e. The lowest BCUT2D eigenvalue weighted by atomic mass is 10.1. The van der Waals surface area contributed by atoms with Gasteiger partial charge in [-0.15, -0.1) is 0 Å². The minimum atomic E-state index is -0.881. The molecule has 1 N–H and O–H groups in total. The zero-order valence-corrected chi connectivity index (χ0v) is 11.4. The molecule has 4 nitrogen and oxygen atoms in total. The van der Waals surface area contributed by atoms with E-state index < -0.39 is 5.97 Å². The minimum absolute atomic E-state index is 0.0570. The average molecular weight is 277 g/mol. The van der Waals surface area contributed by atoms with E-state index in [0.717, 1.165) is 5.56 Å². The molecule has 0 amide bonds. The molecule has 0 spiro atoms. The monoisotopic (exact) mass is 276 g/mol. The van der Waals surface area contributed by atoms with E-state index in [-0.39, 0.29) is 6.42 Å². The van der Waals surface area contributed by atoms with Crippen LogP contribution < -0.4 is 0 Å². The molecular weight excluding hydrogens is 264 g/mol. The summed E-state index contributed by atoms with van der Waals surface area (Å²) in [6.45, 7) is 3.60. The number of benzene rings is 1. The Balaban J connectivity index is 2.44. The van der Waals surface area contributed by atoms with Gasteiger partial charge >= 0.3 is 5.97 Å². The first kappa shape index (κ1) is 13.5. The van der Waals surface area contributed by atoms with E-state index in [2.05, 4.69) is 9.97 Å². The Morgan fingerprint density at radius 2 is 1.68 bits per heavy atom. The third-order valence-electron chi connectivity index (χ3n) is 2.85. The number of hydrogen-bond acceptors (Lipinski definition) is 3. The summed E-state index contributed by atoms with van der Waals surface area (Å²) in [6.07, 6.45) is -0.0570. The van der Waals surface area contributed by atoms with Gasteiger partial charge in [0.15, 0.2) is 5.82 Å². The summed E-state index contributed by atoms with van der Waals surface area (Å²) in [5.74, 6) is -0.296. The van der Waals surface area contributed by atoms with Gasteiger partial charge in [-0.2, -0.15) is 0 Å². The number of carboxylic acids is 1. The fraction of sp³-hybridized carbons (Fsp3) is 0.214. The third kappa shape index (κ3) is 3.09. The van der Waals surface area contributed by atoms with E-state index in [1.807, 2.05) is 12.1 Å². The highest BCUT2D eigenvalue weighted by molar-refractivity contribution is 6.30. The molecule has 0 fully saturated rings. The summed E-state index contributed by atoms with van der Waals surface area (Å²) < 4.78 is 0. The Morgan fingerprint density at radius 1 is 1.16 bits per heavy atom. The Labute approximate surface area is 116 Å². The second-order valence-electron chi connectivity index (χ2n) is 4.27. The summed E-state index contributed by atoms with van der Waals surface area (Å²) >= 11 is 5.84. The molecular formula is C14H13ClN2O2. The second-order valence-corrected chi connectivity index (χ2v) is 4.71. The van der Waals surface area contributed by atoms with Crippen LogP contribution in [0.3, 0.4) is 0 Å². The van der Waals surface area contributed by atoms with E-state index >= 15 is 0 Å². The number of carbonyl (C=O) groups is 1. The van der Waals surface area contributed by atoms with Gasteiger partial charge in [0.1, 0.15) is 0 Å². The van der Waals surface area contributed by atoms with E-state index in [9.17, 15) is 4.79 Å². The molecule has 2 aromatic rings. The molecule has 0 aliphatic rings. The third-order valence-corrected chi connectivity index (χ3v) is 3.10. The van der Waals surface area contributed by atoms with Crippen molar-refractivity contribution in [2.24, 2.45) is 0 Å². The molecule has 0 unspecified atom stereocenters. The SMILES string of the molecule is Cc1nc(-c2ccc(Cl)cc2)nc(C)c1CC(=O)O. The molecule has 0 bridgehead atoms. The van der Waals surface area contributed by atoms with Crippen molar-refractivity contribution in [3.05, 3.63) is 46.2 Å². The van der Waals surface area contributed by atoms with Gasteiger partial charge in [0.2, 0.25) is 0 Å². The summed E-state index contributed by atoms with van der Waals surface area (Å²) in [7, 11) is 0. The second kappa shape index (κ2) is 5.36. The number of aryl methyl sites for hydroxylation is 2. The first-order valence-electron chi connectivity index (χ1n) is 5.79. The molecule has 5 heteroatoms. The van der Waals surface area contributed by atoms with Crippen molar-refractivity contribution in [3.8, 4) is 11.4 Å². The highest BCUT2D eigenvalue weighted by Crippen LogP contribution is 2.21. The van der Waals surface area contributed by atoms with Gasteiger partial charge in [0, 0.05) is 27.5 Å². The van der Waals surface area contributed by atoms with Crippen LogP contribution in [0.4, 0.5) is 0 Å². The lowest BCUT2D eigenvalue weighted by molar-refractivity contribution is -0.136. The van der Waals surface area contributed by atoms with Crippen LogP contribution in [0.25, 0.3) is 11.4 Å². The first-order valence-corrected chi connectivity index (χ1v) is 6.17. The molecule has 1 aromatic heterocycles. The number of halogens is 1. The summed E-state index contributed by atoms with van der Waals surface area (Å²) in [5, 5.41) is 9.51. The Hall–Kier alpha value is -1.94. The van der Waals surface area contributed by atoms with Gasteiger partial charge in [-0.25, -0.2) is 9.97 Å². The van der Waals surface area contributed by atoms with Gasteiger partial charge < -0.3 is 5.11 Å². The smallest absolute Gasteiger partial charge is 0.307 e. The molecule has 0 saturated carbocycles. The van der Waals surface area contributed by atoms with Gasteiger partial charge in [0.05, 0.1) is 6.42 Å². The van der Waals surface area contributed by atoms with Gasteiger partial charge in [0.25, 0.3) is 0 Å². The average Bonchev–Trinajstić information content (AvgIpc) is 2.34. The van der Waals surface area contributed by atoms with Crippen molar-refractivity contribution in [3.63, 3.8) is 0 Å². The molecule has 0 radical (unpaired) electrons. The fourth-order valence-corrected chi connectivity index (χ4v) is 2.00. The standard InChI is InChI=1S/C14H13ClN2O2/c1-8-12(7-13(18)19)9(2)17-14(16-8)10-3-5-11(15)6-4-10/h3-6H,7H2,1-2H3,(H,18,19). The lowest BCUT2D eigenvalue weighted by Gasteiger charge is -2.09.